The van der Waals surface area contributed by atoms with Gasteiger partial charge in [-0.25, -0.2) is 0 Å². The summed E-state index contributed by atoms with van der Waals surface area (Å²) in [6.07, 6.45) is 10.3. The van der Waals surface area contributed by atoms with Crippen molar-refractivity contribution in [2.45, 2.75) is 65.2 Å². The van der Waals surface area contributed by atoms with Crippen molar-refractivity contribution >= 4 is 11.9 Å². The monoisotopic (exact) mass is 284 g/mol. The van der Waals surface area contributed by atoms with Crippen LogP contribution in [-0.4, -0.2) is 23.7 Å². The molecule has 20 heavy (non-hydrogen) atoms. The lowest BCUT2D eigenvalue weighted by molar-refractivity contribution is -0.158. The first kappa shape index (κ1) is 17.0. The van der Waals surface area contributed by atoms with Crippen molar-refractivity contribution in [3.05, 3.63) is 0 Å². The highest BCUT2D eigenvalue weighted by Crippen LogP contribution is 2.43. The van der Waals surface area contributed by atoms with Crippen LogP contribution in [0.2, 0.25) is 0 Å². The van der Waals surface area contributed by atoms with Crippen LogP contribution in [-0.2, 0) is 14.3 Å². The predicted molar refractivity (Wildman–Crippen MR) is 77.3 cm³/mol. The van der Waals surface area contributed by atoms with Crippen LogP contribution >= 0.6 is 0 Å². The van der Waals surface area contributed by atoms with E-state index < -0.39 is 17.9 Å². The molecular weight excluding hydrogens is 256 g/mol. The molecule has 2 fully saturated rings. The topological polar surface area (TPSA) is 63.6 Å². The van der Waals surface area contributed by atoms with E-state index in [0.29, 0.717) is 12.8 Å². The van der Waals surface area contributed by atoms with Crippen LogP contribution < -0.4 is 0 Å². The van der Waals surface area contributed by atoms with Crippen molar-refractivity contribution in [1.29, 1.82) is 0 Å². The zero-order valence-corrected chi connectivity index (χ0v) is 12.8. The van der Waals surface area contributed by atoms with Crippen LogP contribution in [0.4, 0.5) is 0 Å². The number of carboxylic acid groups (broad SMARTS) is 1. The Morgan fingerprint density at radius 1 is 1.10 bits per heavy atom. The van der Waals surface area contributed by atoms with E-state index >= 15 is 0 Å². The summed E-state index contributed by atoms with van der Waals surface area (Å²) in [5.41, 5.74) is 0. The molecule has 0 aromatic carbocycles. The molecule has 0 bridgehead atoms. The third kappa shape index (κ3) is 5.14. The number of hydrogen-bond acceptors (Lipinski definition) is 3. The fourth-order valence-corrected chi connectivity index (χ4v) is 3.39. The number of ether oxygens (including phenoxy) is 1. The zero-order valence-electron chi connectivity index (χ0n) is 12.8. The molecule has 0 spiro atoms. The van der Waals surface area contributed by atoms with Crippen LogP contribution in [0.1, 0.15) is 65.2 Å². The van der Waals surface area contributed by atoms with Crippen molar-refractivity contribution < 1.29 is 19.4 Å². The highest BCUT2D eigenvalue weighted by molar-refractivity contribution is 5.93. The Labute approximate surface area is 121 Å². The molecule has 0 heterocycles. The van der Waals surface area contributed by atoms with Gasteiger partial charge in [0.2, 0.25) is 0 Å². The largest absolute Gasteiger partial charge is 0.481 e. The molecule has 4 heteroatoms. The Balaban J connectivity index is 0.000000212. The van der Waals surface area contributed by atoms with Crippen LogP contribution in [0.5, 0.6) is 0 Å². The van der Waals surface area contributed by atoms with Crippen molar-refractivity contribution in [2.75, 3.05) is 6.61 Å². The Kier molecular flexibility index (Phi) is 7.63. The molecule has 0 radical (unpaired) electrons. The zero-order chi connectivity index (χ0) is 15.0. The third-order valence-corrected chi connectivity index (χ3v) is 4.41. The standard InChI is InChI=1S/C8H14O4.C8H14/c1-3-5-6(7(9)10)8(11)12-4-2;1-3-7-5-2-6-8(7)4-1/h6H,3-5H2,1-2H3,(H,9,10);7-8H,1-6H2. The van der Waals surface area contributed by atoms with E-state index in [1.165, 1.54) is 24.7 Å². The smallest absolute Gasteiger partial charge is 0.320 e. The molecule has 1 unspecified atom stereocenters. The number of rotatable bonds is 5. The normalized spacial score (nSPS) is 25.3. The summed E-state index contributed by atoms with van der Waals surface area (Å²) < 4.78 is 4.60. The quantitative estimate of drug-likeness (QED) is 0.618. The Morgan fingerprint density at radius 2 is 1.60 bits per heavy atom. The van der Waals surface area contributed by atoms with Gasteiger partial charge < -0.3 is 9.84 Å². The molecule has 116 valence electrons. The second kappa shape index (κ2) is 8.98. The Bertz CT molecular complexity index is 294. The molecule has 2 aliphatic carbocycles. The molecule has 2 aliphatic rings. The number of fused-ring (bicyclic) bond motifs is 1. The lowest BCUT2D eigenvalue weighted by atomic mass is 10.0. The van der Waals surface area contributed by atoms with E-state index in [-0.39, 0.29) is 6.61 Å². The average Bonchev–Trinajstić information content (AvgIpc) is 2.99. The summed E-state index contributed by atoms with van der Waals surface area (Å²) >= 11 is 0. The van der Waals surface area contributed by atoms with Gasteiger partial charge in [0, 0.05) is 0 Å². The predicted octanol–water partition coefficient (Wildman–Crippen LogP) is 3.64. The maximum atomic E-state index is 11.0. The maximum Gasteiger partial charge on any atom is 0.320 e. The van der Waals surface area contributed by atoms with E-state index in [2.05, 4.69) is 4.74 Å². The van der Waals surface area contributed by atoms with Gasteiger partial charge in [-0.1, -0.05) is 51.9 Å². The van der Waals surface area contributed by atoms with Gasteiger partial charge in [-0.05, 0) is 25.2 Å². The van der Waals surface area contributed by atoms with Gasteiger partial charge in [0.25, 0.3) is 0 Å². The fraction of sp³-hybridized carbons (Fsp3) is 0.875. The average molecular weight is 284 g/mol. The van der Waals surface area contributed by atoms with Gasteiger partial charge >= 0.3 is 11.9 Å². The minimum Gasteiger partial charge on any atom is -0.481 e. The van der Waals surface area contributed by atoms with Crippen LogP contribution in [0.3, 0.4) is 0 Å². The van der Waals surface area contributed by atoms with Gasteiger partial charge in [-0.3, -0.25) is 9.59 Å². The molecule has 2 saturated carbocycles. The lowest BCUT2D eigenvalue weighted by Crippen LogP contribution is -2.25. The summed E-state index contributed by atoms with van der Waals surface area (Å²) in [5, 5.41) is 8.60. The highest BCUT2D eigenvalue weighted by atomic mass is 16.5. The Hall–Kier alpha value is -1.06. The molecular formula is C16H28O4. The van der Waals surface area contributed by atoms with E-state index in [0.717, 1.165) is 0 Å². The number of carboxylic acids is 1. The van der Waals surface area contributed by atoms with E-state index in [1.54, 1.807) is 32.6 Å². The second-order valence-corrected chi connectivity index (χ2v) is 5.81. The SMILES string of the molecule is C1CC2CCCC2C1.CCCC(C(=O)O)C(=O)OCC. The molecule has 1 atom stereocenters. The number of esters is 1. The fourth-order valence-electron chi connectivity index (χ4n) is 3.39. The number of aliphatic carboxylic acids is 1. The molecule has 0 aromatic heterocycles. The van der Waals surface area contributed by atoms with Crippen LogP contribution in [0.15, 0.2) is 0 Å². The summed E-state index contributed by atoms with van der Waals surface area (Å²) in [5.74, 6) is -0.373. The molecule has 0 aliphatic heterocycles. The number of carbonyl (C=O) groups is 2. The number of carbonyl (C=O) groups excluding carboxylic acids is 1. The van der Waals surface area contributed by atoms with Gasteiger partial charge in [0.15, 0.2) is 5.92 Å². The summed E-state index contributed by atoms with van der Waals surface area (Å²) in [7, 11) is 0. The van der Waals surface area contributed by atoms with E-state index in [4.69, 9.17) is 5.11 Å². The maximum absolute atomic E-state index is 11.0. The first-order chi connectivity index (χ1) is 9.60. The summed E-state index contributed by atoms with van der Waals surface area (Å²) in [6, 6.07) is 0. The summed E-state index contributed by atoms with van der Waals surface area (Å²) in [6.45, 7) is 3.71. The molecule has 4 nitrogen and oxygen atoms in total. The van der Waals surface area contributed by atoms with Crippen LogP contribution in [0, 0.1) is 17.8 Å². The summed E-state index contributed by atoms with van der Waals surface area (Å²) in [4.78, 5) is 21.5. The van der Waals surface area contributed by atoms with Crippen molar-refractivity contribution in [1.82, 2.24) is 0 Å². The van der Waals surface area contributed by atoms with Crippen LogP contribution in [0.25, 0.3) is 0 Å². The highest BCUT2D eigenvalue weighted by Gasteiger charge is 2.30. The molecule has 2 rings (SSSR count). The van der Waals surface area contributed by atoms with Gasteiger partial charge in [0.1, 0.15) is 0 Å². The van der Waals surface area contributed by atoms with E-state index in [9.17, 15) is 9.59 Å². The lowest BCUT2D eigenvalue weighted by Gasteiger charge is -2.08. The second-order valence-electron chi connectivity index (χ2n) is 5.81. The minimum absolute atomic E-state index is 0.228. The minimum atomic E-state index is -1.10. The molecule has 1 N–H and O–H groups in total. The first-order valence-corrected chi connectivity index (χ1v) is 7.99. The third-order valence-electron chi connectivity index (χ3n) is 4.41. The van der Waals surface area contributed by atoms with Gasteiger partial charge in [-0.2, -0.15) is 0 Å². The van der Waals surface area contributed by atoms with Gasteiger partial charge in [0.05, 0.1) is 6.61 Å². The molecule has 0 aromatic rings. The van der Waals surface area contributed by atoms with Crippen molar-refractivity contribution in [3.8, 4) is 0 Å². The Morgan fingerprint density at radius 3 is 1.95 bits per heavy atom. The molecule has 0 amide bonds. The van der Waals surface area contributed by atoms with Crippen molar-refractivity contribution in [2.24, 2.45) is 17.8 Å². The first-order valence-electron chi connectivity index (χ1n) is 7.99. The van der Waals surface area contributed by atoms with Gasteiger partial charge in [-0.15, -0.1) is 0 Å². The molecule has 0 saturated heterocycles. The van der Waals surface area contributed by atoms with Crippen molar-refractivity contribution in [3.63, 3.8) is 0 Å². The van der Waals surface area contributed by atoms with E-state index in [1.807, 2.05) is 6.92 Å². The number of hydrogen-bond donors (Lipinski definition) is 1.